The minimum Gasteiger partial charge on any atom is -0.497 e. The summed E-state index contributed by atoms with van der Waals surface area (Å²) in [5.74, 6) is -1.46. The molecule has 2 heterocycles. The molecule has 6 rings (SSSR count). The second kappa shape index (κ2) is 14.7. The monoisotopic (exact) mass is 691 g/mol. The molecule has 1 spiro atoms. The number of nitrogens with zero attached hydrogens (tertiary/aromatic N) is 2. The first-order valence-electron chi connectivity index (χ1n) is 17.2. The first kappa shape index (κ1) is 35.8. The molecule has 0 bridgehead atoms. The number of anilines is 2. The Morgan fingerprint density at radius 3 is 2.22 bits per heavy atom. The van der Waals surface area contributed by atoms with Gasteiger partial charge in [0, 0.05) is 41.7 Å². The van der Waals surface area contributed by atoms with Crippen molar-refractivity contribution in [3.63, 3.8) is 0 Å². The number of hydrogen-bond donors (Lipinski definition) is 3. The Morgan fingerprint density at radius 2 is 1.61 bits per heavy atom. The average molecular weight is 692 g/mol. The van der Waals surface area contributed by atoms with Gasteiger partial charge >= 0.3 is 0 Å². The molecule has 0 radical (unpaired) electrons. The fourth-order valence-corrected chi connectivity index (χ4v) is 7.74. The first-order valence-corrected chi connectivity index (χ1v) is 17.2. The van der Waals surface area contributed by atoms with E-state index < -0.39 is 29.1 Å². The van der Waals surface area contributed by atoms with E-state index in [1.54, 1.807) is 67.2 Å². The SMILES string of the molecule is COc1ccc(C(=O)Nc2ccc3c(c2)[C@]2(O[C@@H](CC(=O)N(CCO)Cc4ccccc4)[C@H](C(C)(C)O)[C@H]2C)C(=O)N3Cc2ccccc2)cc1. The lowest BCUT2D eigenvalue weighted by Gasteiger charge is -2.34. The maximum Gasteiger partial charge on any atom is 0.264 e. The van der Waals surface area contributed by atoms with E-state index in [0.717, 1.165) is 11.1 Å². The Labute approximate surface area is 298 Å². The largest absolute Gasteiger partial charge is 0.497 e. The van der Waals surface area contributed by atoms with Crippen LogP contribution in [0.5, 0.6) is 5.75 Å². The van der Waals surface area contributed by atoms with E-state index in [4.69, 9.17) is 9.47 Å². The predicted octanol–water partition coefficient (Wildman–Crippen LogP) is 5.52. The van der Waals surface area contributed by atoms with Crippen LogP contribution in [0.1, 0.15) is 54.2 Å². The number of benzene rings is 4. The van der Waals surface area contributed by atoms with Crippen molar-refractivity contribution in [1.82, 2.24) is 4.90 Å². The van der Waals surface area contributed by atoms with Crippen LogP contribution < -0.4 is 15.0 Å². The minimum absolute atomic E-state index is 0.108. The Hall–Kier alpha value is -5.03. The van der Waals surface area contributed by atoms with Crippen LogP contribution in [0.25, 0.3) is 0 Å². The Bertz CT molecular complexity index is 1860. The summed E-state index contributed by atoms with van der Waals surface area (Å²) < 4.78 is 12.1. The highest BCUT2D eigenvalue weighted by Gasteiger charge is 2.66. The number of hydrogen-bond acceptors (Lipinski definition) is 7. The van der Waals surface area contributed by atoms with Gasteiger partial charge in [-0.05, 0) is 67.4 Å². The van der Waals surface area contributed by atoms with Gasteiger partial charge < -0.3 is 34.8 Å². The first-order chi connectivity index (χ1) is 24.5. The van der Waals surface area contributed by atoms with Gasteiger partial charge in [0.2, 0.25) is 5.91 Å². The van der Waals surface area contributed by atoms with Crippen LogP contribution in [0.3, 0.4) is 0 Å². The fraction of sp³-hybridized carbons (Fsp3) is 0.341. The fourth-order valence-electron chi connectivity index (χ4n) is 7.74. The summed E-state index contributed by atoms with van der Waals surface area (Å²) >= 11 is 0. The Morgan fingerprint density at radius 1 is 0.961 bits per heavy atom. The number of carbonyl (C=O) groups excluding carboxylic acids is 3. The molecule has 0 aromatic heterocycles. The van der Waals surface area contributed by atoms with E-state index in [-0.39, 0.29) is 43.8 Å². The molecular formula is C41H45N3O7. The second-order valence-corrected chi connectivity index (χ2v) is 13.9. The summed E-state index contributed by atoms with van der Waals surface area (Å²) in [6.07, 6.45) is -0.946. The van der Waals surface area contributed by atoms with Crippen molar-refractivity contribution >= 4 is 29.1 Å². The molecule has 3 N–H and O–H groups in total. The van der Waals surface area contributed by atoms with E-state index >= 15 is 0 Å². The van der Waals surface area contributed by atoms with Gasteiger partial charge in [0.05, 0.1) is 44.1 Å². The third kappa shape index (κ3) is 7.12. The number of rotatable bonds is 12. The number of aliphatic hydroxyl groups is 2. The summed E-state index contributed by atoms with van der Waals surface area (Å²) in [7, 11) is 1.56. The lowest BCUT2D eigenvalue weighted by atomic mass is 9.70. The molecule has 51 heavy (non-hydrogen) atoms. The molecule has 0 aliphatic carbocycles. The molecular weight excluding hydrogens is 646 g/mol. The average Bonchev–Trinajstić information content (AvgIpc) is 3.54. The van der Waals surface area contributed by atoms with Gasteiger partial charge in [0.15, 0.2) is 5.60 Å². The number of ether oxygens (including phenoxy) is 2. The normalized spacial score (nSPS) is 21.1. The summed E-state index contributed by atoms with van der Waals surface area (Å²) in [5, 5.41) is 24.4. The number of fused-ring (bicyclic) bond motifs is 2. The lowest BCUT2D eigenvalue weighted by Crippen LogP contribution is -2.46. The van der Waals surface area contributed by atoms with Gasteiger partial charge in [0.1, 0.15) is 5.75 Å². The highest BCUT2D eigenvalue weighted by molar-refractivity contribution is 6.09. The van der Waals surface area contributed by atoms with Crippen molar-refractivity contribution in [2.75, 3.05) is 30.5 Å². The van der Waals surface area contributed by atoms with Crippen molar-refractivity contribution in [1.29, 1.82) is 0 Å². The summed E-state index contributed by atoms with van der Waals surface area (Å²) in [4.78, 5) is 45.4. The summed E-state index contributed by atoms with van der Waals surface area (Å²) in [6.45, 7) is 5.72. The van der Waals surface area contributed by atoms with Gasteiger partial charge in [-0.15, -0.1) is 0 Å². The van der Waals surface area contributed by atoms with Crippen LogP contribution in [-0.4, -0.2) is 64.8 Å². The number of aliphatic hydroxyl groups excluding tert-OH is 1. The molecule has 4 aromatic rings. The summed E-state index contributed by atoms with van der Waals surface area (Å²) in [5.41, 5.74) is 1.04. The third-order valence-electron chi connectivity index (χ3n) is 10.1. The number of amides is 3. The molecule has 1 fully saturated rings. The highest BCUT2D eigenvalue weighted by Crippen LogP contribution is 2.58. The van der Waals surface area contributed by atoms with E-state index in [9.17, 15) is 24.6 Å². The molecule has 3 amide bonds. The quantitative estimate of drug-likeness (QED) is 0.179. The second-order valence-electron chi connectivity index (χ2n) is 13.9. The van der Waals surface area contributed by atoms with Crippen LogP contribution in [-0.2, 0) is 33.0 Å². The Kier molecular flexibility index (Phi) is 10.3. The smallest absolute Gasteiger partial charge is 0.264 e. The number of nitrogens with one attached hydrogen (secondary N) is 1. The zero-order chi connectivity index (χ0) is 36.3. The number of carbonyl (C=O) groups is 3. The summed E-state index contributed by atoms with van der Waals surface area (Å²) in [6, 6.07) is 31.3. The van der Waals surface area contributed by atoms with Gasteiger partial charge in [0.25, 0.3) is 11.8 Å². The van der Waals surface area contributed by atoms with Gasteiger partial charge in [-0.2, -0.15) is 0 Å². The van der Waals surface area contributed by atoms with Crippen LogP contribution in [0, 0.1) is 11.8 Å². The molecule has 1 saturated heterocycles. The van der Waals surface area contributed by atoms with Crippen molar-refractivity contribution in [3.8, 4) is 5.75 Å². The molecule has 10 heteroatoms. The van der Waals surface area contributed by atoms with Crippen LogP contribution in [0.15, 0.2) is 103 Å². The van der Waals surface area contributed by atoms with Crippen LogP contribution >= 0.6 is 0 Å². The molecule has 4 aromatic carbocycles. The molecule has 10 nitrogen and oxygen atoms in total. The van der Waals surface area contributed by atoms with E-state index in [1.165, 1.54) is 0 Å². The highest BCUT2D eigenvalue weighted by atomic mass is 16.5. The van der Waals surface area contributed by atoms with Gasteiger partial charge in [-0.3, -0.25) is 14.4 Å². The lowest BCUT2D eigenvalue weighted by molar-refractivity contribution is -0.150. The van der Waals surface area contributed by atoms with Crippen molar-refractivity contribution < 1.29 is 34.1 Å². The van der Waals surface area contributed by atoms with E-state index in [2.05, 4.69) is 5.32 Å². The number of methoxy groups -OCH3 is 1. The molecule has 0 unspecified atom stereocenters. The van der Waals surface area contributed by atoms with E-state index in [1.807, 2.05) is 73.7 Å². The molecule has 4 atom stereocenters. The zero-order valence-corrected chi connectivity index (χ0v) is 29.4. The minimum atomic E-state index is -1.55. The maximum atomic E-state index is 14.9. The van der Waals surface area contributed by atoms with Gasteiger partial charge in [-0.25, -0.2) is 0 Å². The zero-order valence-electron chi connectivity index (χ0n) is 29.4. The van der Waals surface area contributed by atoms with Crippen molar-refractivity contribution in [2.24, 2.45) is 11.8 Å². The van der Waals surface area contributed by atoms with E-state index in [0.29, 0.717) is 34.8 Å². The third-order valence-corrected chi connectivity index (χ3v) is 10.1. The van der Waals surface area contributed by atoms with Crippen molar-refractivity contribution in [2.45, 2.75) is 57.6 Å². The standard InChI is InChI=1S/C41H45N3O7/c1-27-37(40(2,3)49)35(24-36(46)43(21-22-45)25-28-11-7-5-8-12-28)51-41(27)33-23-31(42-38(47)30-15-18-32(50-4)19-16-30)17-20-34(33)44(39(41)48)26-29-13-9-6-10-14-29/h5-20,23,27,35,37,45,49H,21-22,24-26H2,1-4H3,(H,42,47)/t27-,35+,37-,41+/m1/s1. The van der Waals surface area contributed by atoms with Crippen LogP contribution in [0.2, 0.25) is 0 Å². The molecule has 0 saturated carbocycles. The molecule has 266 valence electrons. The topological polar surface area (TPSA) is 129 Å². The predicted molar refractivity (Wildman–Crippen MR) is 194 cm³/mol. The van der Waals surface area contributed by atoms with Crippen molar-refractivity contribution in [3.05, 3.63) is 125 Å². The maximum absolute atomic E-state index is 14.9. The van der Waals surface area contributed by atoms with Crippen LogP contribution in [0.4, 0.5) is 11.4 Å². The molecule has 2 aliphatic rings. The van der Waals surface area contributed by atoms with Gasteiger partial charge in [-0.1, -0.05) is 67.6 Å². The Balaban J connectivity index is 1.37. The molecule has 2 aliphatic heterocycles.